The third-order valence-corrected chi connectivity index (χ3v) is 2.71. The van der Waals surface area contributed by atoms with Crippen molar-refractivity contribution in [1.82, 2.24) is 9.78 Å². The largest absolute Gasteiger partial charge is 0.321 e. The summed E-state index contributed by atoms with van der Waals surface area (Å²) in [5.74, 6) is -0.186. The van der Waals surface area contributed by atoms with Crippen LogP contribution in [0.2, 0.25) is 0 Å². The molecular weight excluding hydrogens is 214 g/mol. The van der Waals surface area contributed by atoms with Crippen LogP contribution in [-0.4, -0.2) is 15.7 Å². The Bertz CT molecular complexity index is 558. The van der Waals surface area contributed by atoms with E-state index >= 15 is 0 Å². The van der Waals surface area contributed by atoms with Gasteiger partial charge in [-0.15, -0.1) is 0 Å². The first-order valence-electron chi connectivity index (χ1n) is 5.44. The van der Waals surface area contributed by atoms with Crippen LogP contribution in [-0.2, 0) is 7.05 Å². The lowest BCUT2D eigenvalue weighted by atomic mass is 10.1. The van der Waals surface area contributed by atoms with E-state index < -0.39 is 0 Å². The molecule has 1 amide bonds. The fraction of sp³-hybridized carbons (Fsp3) is 0.231. The molecular formula is C13H15N3O. The monoisotopic (exact) mass is 229 g/mol. The molecule has 0 aliphatic carbocycles. The van der Waals surface area contributed by atoms with Crippen molar-refractivity contribution < 1.29 is 4.79 Å². The zero-order valence-electron chi connectivity index (χ0n) is 10.2. The molecule has 0 aliphatic rings. The van der Waals surface area contributed by atoms with Crippen LogP contribution >= 0.6 is 0 Å². The van der Waals surface area contributed by atoms with E-state index in [9.17, 15) is 4.79 Å². The topological polar surface area (TPSA) is 46.9 Å². The summed E-state index contributed by atoms with van der Waals surface area (Å²) < 4.78 is 1.61. The highest BCUT2D eigenvalue weighted by molar-refractivity contribution is 6.02. The number of hydrogen-bond donors (Lipinski definition) is 1. The van der Waals surface area contributed by atoms with Crippen LogP contribution in [0.4, 0.5) is 5.69 Å². The van der Waals surface area contributed by atoms with E-state index in [1.807, 2.05) is 32.0 Å². The van der Waals surface area contributed by atoms with Gasteiger partial charge in [0, 0.05) is 18.9 Å². The van der Waals surface area contributed by atoms with Crippen molar-refractivity contribution >= 4 is 11.6 Å². The molecule has 4 nitrogen and oxygen atoms in total. The summed E-state index contributed by atoms with van der Waals surface area (Å²) in [6.07, 6.45) is 1.75. The Labute approximate surface area is 100 Å². The van der Waals surface area contributed by atoms with Gasteiger partial charge in [0.1, 0.15) is 0 Å². The van der Waals surface area contributed by atoms with E-state index in [-0.39, 0.29) is 5.91 Å². The van der Waals surface area contributed by atoms with E-state index in [1.165, 1.54) is 5.56 Å². The first-order valence-corrected chi connectivity index (χ1v) is 5.44. The van der Waals surface area contributed by atoms with E-state index in [2.05, 4.69) is 10.4 Å². The molecule has 0 fully saturated rings. The van der Waals surface area contributed by atoms with Crippen LogP contribution in [0.3, 0.4) is 0 Å². The van der Waals surface area contributed by atoms with Gasteiger partial charge >= 0.3 is 0 Å². The van der Waals surface area contributed by atoms with Gasteiger partial charge in [0.15, 0.2) is 5.69 Å². The van der Waals surface area contributed by atoms with E-state index in [4.69, 9.17) is 0 Å². The molecule has 0 radical (unpaired) electrons. The Morgan fingerprint density at radius 2 is 2.00 bits per heavy atom. The minimum atomic E-state index is -0.186. The molecule has 0 bridgehead atoms. The number of nitrogens with one attached hydrogen (secondary N) is 1. The van der Waals surface area contributed by atoms with Gasteiger partial charge in [-0.2, -0.15) is 5.10 Å². The summed E-state index contributed by atoms with van der Waals surface area (Å²) in [5.41, 5.74) is 3.58. The van der Waals surface area contributed by atoms with Crippen molar-refractivity contribution in [3.63, 3.8) is 0 Å². The van der Waals surface area contributed by atoms with Gasteiger partial charge < -0.3 is 5.32 Å². The van der Waals surface area contributed by atoms with Crippen LogP contribution in [0.1, 0.15) is 21.6 Å². The maximum atomic E-state index is 11.8. The third-order valence-electron chi connectivity index (χ3n) is 2.71. The summed E-state index contributed by atoms with van der Waals surface area (Å²) in [6.45, 7) is 4.06. The zero-order valence-corrected chi connectivity index (χ0v) is 10.2. The Kier molecular flexibility index (Phi) is 2.95. The number of aryl methyl sites for hydroxylation is 3. The molecule has 4 heteroatoms. The molecule has 1 heterocycles. The Balaban J connectivity index is 2.15. The van der Waals surface area contributed by atoms with E-state index in [1.54, 1.807) is 24.0 Å². The molecule has 17 heavy (non-hydrogen) atoms. The lowest BCUT2D eigenvalue weighted by molar-refractivity contribution is 0.102. The van der Waals surface area contributed by atoms with Crippen molar-refractivity contribution in [3.8, 4) is 0 Å². The number of amides is 1. The molecule has 0 saturated carbocycles. The molecule has 1 aromatic carbocycles. The third kappa shape index (κ3) is 2.53. The fourth-order valence-corrected chi connectivity index (χ4v) is 1.55. The first kappa shape index (κ1) is 11.4. The molecule has 0 unspecified atom stereocenters. The quantitative estimate of drug-likeness (QED) is 0.858. The van der Waals surface area contributed by atoms with Crippen LogP contribution in [0, 0.1) is 13.8 Å². The molecule has 2 aromatic rings. The highest BCUT2D eigenvalue weighted by atomic mass is 16.1. The summed E-state index contributed by atoms with van der Waals surface area (Å²) in [7, 11) is 1.78. The van der Waals surface area contributed by atoms with Gasteiger partial charge in [-0.3, -0.25) is 9.48 Å². The van der Waals surface area contributed by atoms with Crippen LogP contribution in [0.15, 0.2) is 30.5 Å². The molecule has 0 spiro atoms. The smallest absolute Gasteiger partial charge is 0.276 e. The lowest BCUT2D eigenvalue weighted by Gasteiger charge is -2.06. The average Bonchev–Trinajstić information content (AvgIpc) is 2.70. The number of hydrogen-bond acceptors (Lipinski definition) is 2. The average molecular weight is 229 g/mol. The van der Waals surface area contributed by atoms with Gasteiger partial charge in [0.05, 0.1) is 0 Å². The Morgan fingerprint density at radius 1 is 1.24 bits per heavy atom. The minimum Gasteiger partial charge on any atom is -0.321 e. The highest BCUT2D eigenvalue weighted by Crippen LogP contribution is 2.14. The van der Waals surface area contributed by atoms with Gasteiger partial charge in [0.25, 0.3) is 5.91 Å². The molecule has 0 aliphatic heterocycles. The van der Waals surface area contributed by atoms with E-state index in [0.717, 1.165) is 11.3 Å². The number of carbonyl (C=O) groups excluding carboxylic acids is 1. The van der Waals surface area contributed by atoms with Crippen molar-refractivity contribution in [2.45, 2.75) is 13.8 Å². The second-order valence-corrected chi connectivity index (χ2v) is 4.13. The number of anilines is 1. The molecule has 0 atom stereocenters. The second-order valence-electron chi connectivity index (χ2n) is 4.13. The molecule has 2 rings (SSSR count). The van der Waals surface area contributed by atoms with Gasteiger partial charge in [-0.1, -0.05) is 6.07 Å². The highest BCUT2D eigenvalue weighted by Gasteiger charge is 2.09. The van der Waals surface area contributed by atoms with Gasteiger partial charge in [-0.05, 0) is 43.2 Å². The molecule has 0 saturated heterocycles. The predicted molar refractivity (Wildman–Crippen MR) is 67.1 cm³/mol. The number of benzene rings is 1. The van der Waals surface area contributed by atoms with Crippen LogP contribution < -0.4 is 5.32 Å². The van der Waals surface area contributed by atoms with Crippen LogP contribution in [0.25, 0.3) is 0 Å². The lowest BCUT2D eigenvalue weighted by Crippen LogP contribution is -2.13. The first-order chi connectivity index (χ1) is 8.06. The number of aromatic nitrogens is 2. The van der Waals surface area contributed by atoms with Crippen molar-refractivity contribution in [1.29, 1.82) is 0 Å². The van der Waals surface area contributed by atoms with Crippen molar-refractivity contribution in [3.05, 3.63) is 47.3 Å². The molecule has 1 aromatic heterocycles. The number of carbonyl (C=O) groups is 1. The fourth-order valence-electron chi connectivity index (χ4n) is 1.55. The van der Waals surface area contributed by atoms with Crippen molar-refractivity contribution in [2.24, 2.45) is 7.05 Å². The second kappa shape index (κ2) is 4.41. The minimum absolute atomic E-state index is 0.186. The standard InChI is InChI=1S/C13H15N3O/c1-9-4-5-11(8-10(9)2)14-13(17)12-6-7-16(3)15-12/h4-8H,1-3H3,(H,14,17). The SMILES string of the molecule is Cc1ccc(NC(=O)c2ccn(C)n2)cc1C. The van der Waals surface area contributed by atoms with E-state index in [0.29, 0.717) is 5.69 Å². The van der Waals surface area contributed by atoms with Gasteiger partial charge in [-0.25, -0.2) is 0 Å². The Morgan fingerprint density at radius 3 is 2.59 bits per heavy atom. The summed E-state index contributed by atoms with van der Waals surface area (Å²) in [4.78, 5) is 11.8. The maximum Gasteiger partial charge on any atom is 0.276 e. The van der Waals surface area contributed by atoms with Crippen LogP contribution in [0.5, 0.6) is 0 Å². The molecule has 1 N–H and O–H groups in total. The zero-order chi connectivity index (χ0) is 12.4. The summed E-state index contributed by atoms with van der Waals surface area (Å²) in [6, 6.07) is 7.53. The number of rotatable bonds is 2. The summed E-state index contributed by atoms with van der Waals surface area (Å²) >= 11 is 0. The number of nitrogens with zero attached hydrogens (tertiary/aromatic N) is 2. The van der Waals surface area contributed by atoms with Gasteiger partial charge in [0.2, 0.25) is 0 Å². The maximum absolute atomic E-state index is 11.8. The normalized spacial score (nSPS) is 10.3. The summed E-state index contributed by atoms with van der Waals surface area (Å²) in [5, 5.41) is 6.88. The predicted octanol–water partition coefficient (Wildman–Crippen LogP) is 2.29. The van der Waals surface area contributed by atoms with Crippen molar-refractivity contribution in [2.75, 3.05) is 5.32 Å². The molecule has 88 valence electrons. The Hall–Kier alpha value is -2.10.